The summed E-state index contributed by atoms with van der Waals surface area (Å²) in [5.74, 6) is -0.575. The van der Waals surface area contributed by atoms with Crippen LogP contribution in [-0.2, 0) is 4.79 Å². The second-order valence-corrected chi connectivity index (χ2v) is 4.37. The minimum Gasteiger partial charge on any atom is -0.482 e. The van der Waals surface area contributed by atoms with Crippen LogP contribution in [0, 0.1) is 0 Å². The van der Waals surface area contributed by atoms with Gasteiger partial charge in [-0.1, -0.05) is 0 Å². The van der Waals surface area contributed by atoms with Gasteiger partial charge in [-0.05, 0) is 24.3 Å². The first-order chi connectivity index (χ1) is 9.65. The van der Waals surface area contributed by atoms with Gasteiger partial charge in [0, 0.05) is 31.9 Å². The molecule has 3 N–H and O–H groups in total. The van der Waals surface area contributed by atoms with Gasteiger partial charge in [-0.25, -0.2) is 9.59 Å². The molecule has 1 aliphatic rings. The molecule has 2 amide bonds. The van der Waals surface area contributed by atoms with E-state index in [4.69, 9.17) is 9.84 Å². The molecule has 7 nitrogen and oxygen atoms in total. The van der Waals surface area contributed by atoms with E-state index in [1.807, 2.05) is 0 Å². The molecule has 0 aliphatic carbocycles. The number of hydrogen-bond acceptors (Lipinski definition) is 4. The summed E-state index contributed by atoms with van der Waals surface area (Å²) in [5.41, 5.74) is 0.649. The third-order valence-corrected chi connectivity index (χ3v) is 2.87. The fourth-order valence-corrected chi connectivity index (χ4v) is 1.85. The summed E-state index contributed by atoms with van der Waals surface area (Å²) in [6.07, 6.45) is 0. The molecule has 1 aliphatic heterocycles. The largest absolute Gasteiger partial charge is 0.482 e. The van der Waals surface area contributed by atoms with Crippen molar-refractivity contribution >= 4 is 17.7 Å². The summed E-state index contributed by atoms with van der Waals surface area (Å²) in [5, 5.41) is 14.5. The zero-order valence-electron chi connectivity index (χ0n) is 11.0. The van der Waals surface area contributed by atoms with Gasteiger partial charge in [-0.2, -0.15) is 0 Å². The monoisotopic (exact) mass is 279 g/mol. The summed E-state index contributed by atoms with van der Waals surface area (Å²) in [6, 6.07) is 6.46. The van der Waals surface area contributed by atoms with Crippen molar-refractivity contribution < 1.29 is 19.4 Å². The topological polar surface area (TPSA) is 90.9 Å². The molecule has 0 saturated carbocycles. The van der Waals surface area contributed by atoms with Crippen molar-refractivity contribution in [2.45, 2.75) is 0 Å². The molecule has 0 aromatic heterocycles. The number of carbonyl (C=O) groups is 2. The first-order valence-corrected chi connectivity index (χ1v) is 6.36. The summed E-state index contributed by atoms with van der Waals surface area (Å²) in [6.45, 7) is 2.59. The summed E-state index contributed by atoms with van der Waals surface area (Å²) in [7, 11) is 0. The van der Waals surface area contributed by atoms with E-state index >= 15 is 0 Å². The number of carboxylic acids is 1. The Labute approximate surface area is 116 Å². The number of ether oxygens (including phenoxy) is 1. The van der Waals surface area contributed by atoms with Crippen LogP contribution in [0.2, 0.25) is 0 Å². The molecule has 1 heterocycles. The van der Waals surface area contributed by atoms with Gasteiger partial charge in [-0.3, -0.25) is 0 Å². The van der Waals surface area contributed by atoms with Crippen LogP contribution >= 0.6 is 0 Å². The molecule has 108 valence electrons. The highest BCUT2D eigenvalue weighted by Crippen LogP contribution is 2.16. The minimum atomic E-state index is -1.03. The molecule has 7 heteroatoms. The standard InChI is InChI=1S/C13H17N3O4/c17-12(18)9-20-11-3-1-10(2-4-11)15-13(19)16-7-5-14-6-8-16/h1-4,14H,5-9H2,(H,15,19)(H,17,18). The lowest BCUT2D eigenvalue weighted by Gasteiger charge is -2.27. The van der Waals surface area contributed by atoms with Crippen molar-refractivity contribution in [1.29, 1.82) is 0 Å². The van der Waals surface area contributed by atoms with Crippen molar-refractivity contribution in [3.8, 4) is 5.75 Å². The molecule has 1 fully saturated rings. The molecule has 20 heavy (non-hydrogen) atoms. The van der Waals surface area contributed by atoms with Crippen LogP contribution in [0.4, 0.5) is 10.5 Å². The quantitative estimate of drug-likeness (QED) is 0.750. The van der Waals surface area contributed by atoms with E-state index < -0.39 is 5.97 Å². The maximum atomic E-state index is 11.9. The Hall–Kier alpha value is -2.28. The predicted molar refractivity (Wildman–Crippen MR) is 73.0 cm³/mol. The van der Waals surface area contributed by atoms with Gasteiger partial charge in [0.25, 0.3) is 0 Å². The summed E-state index contributed by atoms with van der Waals surface area (Å²) in [4.78, 5) is 24.1. The number of benzene rings is 1. The Kier molecular flexibility index (Phi) is 4.78. The van der Waals surface area contributed by atoms with Gasteiger partial charge in [0.05, 0.1) is 0 Å². The molecule has 0 radical (unpaired) electrons. The maximum absolute atomic E-state index is 11.9. The summed E-state index contributed by atoms with van der Waals surface area (Å²) < 4.78 is 5.01. The number of anilines is 1. The number of nitrogens with zero attached hydrogens (tertiary/aromatic N) is 1. The van der Waals surface area contributed by atoms with E-state index in [0.29, 0.717) is 24.5 Å². The van der Waals surface area contributed by atoms with Gasteiger partial charge < -0.3 is 25.4 Å². The van der Waals surface area contributed by atoms with E-state index in [2.05, 4.69) is 10.6 Å². The normalized spacial score (nSPS) is 14.7. The molecule has 2 rings (SSSR count). The van der Waals surface area contributed by atoms with E-state index in [0.717, 1.165) is 13.1 Å². The number of carbonyl (C=O) groups excluding carboxylic acids is 1. The molecular formula is C13H17N3O4. The average molecular weight is 279 g/mol. The lowest BCUT2D eigenvalue weighted by Crippen LogP contribution is -2.48. The van der Waals surface area contributed by atoms with Crippen molar-refractivity contribution in [3.05, 3.63) is 24.3 Å². The van der Waals surface area contributed by atoms with Gasteiger partial charge in [-0.15, -0.1) is 0 Å². The lowest BCUT2D eigenvalue weighted by molar-refractivity contribution is -0.139. The highest BCUT2D eigenvalue weighted by atomic mass is 16.5. The van der Waals surface area contributed by atoms with Crippen LogP contribution < -0.4 is 15.4 Å². The smallest absolute Gasteiger partial charge is 0.341 e. The highest BCUT2D eigenvalue weighted by Gasteiger charge is 2.15. The average Bonchev–Trinajstić information content (AvgIpc) is 2.47. The number of hydrogen-bond donors (Lipinski definition) is 3. The minimum absolute atomic E-state index is 0.134. The van der Waals surface area contributed by atoms with E-state index in [1.165, 1.54) is 0 Å². The number of aliphatic carboxylic acids is 1. The Bertz CT molecular complexity index is 469. The molecule has 1 aromatic rings. The Morgan fingerprint density at radius 3 is 2.50 bits per heavy atom. The fraction of sp³-hybridized carbons (Fsp3) is 0.385. The second-order valence-electron chi connectivity index (χ2n) is 4.37. The van der Waals surface area contributed by atoms with Crippen LogP contribution in [0.3, 0.4) is 0 Å². The number of urea groups is 1. The molecule has 1 saturated heterocycles. The van der Waals surface area contributed by atoms with Gasteiger partial charge >= 0.3 is 12.0 Å². The molecule has 0 unspecified atom stereocenters. The lowest BCUT2D eigenvalue weighted by atomic mass is 10.3. The first kappa shape index (κ1) is 14.1. The second kappa shape index (κ2) is 6.76. The number of carboxylic acid groups (broad SMARTS) is 1. The molecule has 0 spiro atoms. The van der Waals surface area contributed by atoms with Gasteiger partial charge in [0.1, 0.15) is 5.75 Å². The van der Waals surface area contributed by atoms with Crippen LogP contribution in [0.15, 0.2) is 24.3 Å². The van der Waals surface area contributed by atoms with Gasteiger partial charge in [0.15, 0.2) is 6.61 Å². The van der Waals surface area contributed by atoms with Crippen molar-refractivity contribution in [3.63, 3.8) is 0 Å². The van der Waals surface area contributed by atoms with E-state index in [-0.39, 0.29) is 12.6 Å². The van der Waals surface area contributed by atoms with E-state index in [1.54, 1.807) is 29.2 Å². The molecule has 0 bridgehead atoms. The predicted octanol–water partition coefficient (Wildman–Crippen LogP) is 0.587. The first-order valence-electron chi connectivity index (χ1n) is 6.36. The Balaban J connectivity index is 1.86. The third kappa shape index (κ3) is 4.13. The van der Waals surface area contributed by atoms with Crippen LogP contribution in [0.25, 0.3) is 0 Å². The van der Waals surface area contributed by atoms with E-state index in [9.17, 15) is 9.59 Å². The number of nitrogens with one attached hydrogen (secondary N) is 2. The maximum Gasteiger partial charge on any atom is 0.341 e. The van der Waals surface area contributed by atoms with Crippen LogP contribution in [0.5, 0.6) is 5.75 Å². The van der Waals surface area contributed by atoms with Crippen molar-refractivity contribution in [2.75, 3.05) is 38.1 Å². The third-order valence-electron chi connectivity index (χ3n) is 2.87. The zero-order chi connectivity index (χ0) is 14.4. The van der Waals surface area contributed by atoms with Crippen molar-refractivity contribution in [2.24, 2.45) is 0 Å². The number of amides is 2. The van der Waals surface area contributed by atoms with Crippen LogP contribution in [0.1, 0.15) is 0 Å². The SMILES string of the molecule is O=C(O)COc1ccc(NC(=O)N2CCNCC2)cc1. The van der Waals surface area contributed by atoms with Gasteiger partial charge in [0.2, 0.25) is 0 Å². The van der Waals surface area contributed by atoms with Crippen molar-refractivity contribution in [1.82, 2.24) is 10.2 Å². The summed E-state index contributed by atoms with van der Waals surface area (Å²) >= 11 is 0. The fourth-order valence-electron chi connectivity index (χ4n) is 1.85. The molecule has 1 aromatic carbocycles. The molecular weight excluding hydrogens is 262 g/mol. The van der Waals surface area contributed by atoms with Crippen LogP contribution in [-0.4, -0.2) is 54.8 Å². The zero-order valence-corrected chi connectivity index (χ0v) is 11.0. The highest BCUT2D eigenvalue weighted by molar-refractivity contribution is 5.89. The Morgan fingerprint density at radius 2 is 1.90 bits per heavy atom. The number of rotatable bonds is 4. The number of piperazine rings is 1. The molecule has 0 atom stereocenters. The Morgan fingerprint density at radius 1 is 1.25 bits per heavy atom.